The molecule has 6 atom stereocenters. The SMILES string of the molecule is C=CCOC(=O)Cc1ccc(-c2ccc(O)c3c2C[C@]2(C)C[C@]4(C)C(C(C)C)C(=O)C(C(C)=O)C(=O)[C@]4(O)C(=O)C2C3=O)cc1. The molecule has 3 aliphatic rings. The van der Waals surface area contributed by atoms with E-state index in [1.165, 1.54) is 12.1 Å². The second kappa shape index (κ2) is 11.0. The van der Waals surface area contributed by atoms with Gasteiger partial charge in [0.1, 0.15) is 24.1 Å². The summed E-state index contributed by atoms with van der Waals surface area (Å²) in [5, 5.41) is 23.1. The minimum absolute atomic E-state index is 0.0239. The van der Waals surface area contributed by atoms with Gasteiger partial charge in [-0.1, -0.05) is 70.7 Å². The molecule has 0 aromatic heterocycles. The van der Waals surface area contributed by atoms with Crippen molar-refractivity contribution in [3.8, 4) is 16.9 Å². The van der Waals surface area contributed by atoms with Crippen LogP contribution in [0.5, 0.6) is 5.75 Å². The number of phenols is 1. The van der Waals surface area contributed by atoms with Crippen LogP contribution in [0.4, 0.5) is 0 Å². The molecule has 0 amide bonds. The predicted molar refractivity (Wildman–Crippen MR) is 163 cm³/mol. The summed E-state index contributed by atoms with van der Waals surface area (Å²) in [5.41, 5.74) is -2.94. The Morgan fingerprint density at radius 1 is 1.04 bits per heavy atom. The molecular weight excluding hydrogens is 576 g/mol. The van der Waals surface area contributed by atoms with Gasteiger partial charge in [-0.25, -0.2) is 0 Å². The molecule has 3 aliphatic carbocycles. The zero-order valence-electron chi connectivity index (χ0n) is 26.1. The van der Waals surface area contributed by atoms with E-state index in [0.717, 1.165) is 6.92 Å². The van der Waals surface area contributed by atoms with Crippen molar-refractivity contribution in [2.24, 2.45) is 34.5 Å². The summed E-state index contributed by atoms with van der Waals surface area (Å²) in [5.74, 6) is -9.71. The lowest BCUT2D eigenvalue weighted by Gasteiger charge is -2.61. The van der Waals surface area contributed by atoms with Gasteiger partial charge in [0.25, 0.3) is 0 Å². The molecule has 2 aromatic carbocycles. The Labute approximate surface area is 261 Å². The molecule has 0 bridgehead atoms. The Morgan fingerprint density at radius 2 is 1.69 bits per heavy atom. The lowest BCUT2D eigenvalue weighted by molar-refractivity contribution is -0.205. The summed E-state index contributed by atoms with van der Waals surface area (Å²) in [4.78, 5) is 80.7. The molecule has 5 rings (SSSR count). The van der Waals surface area contributed by atoms with E-state index >= 15 is 0 Å². The number of Topliss-reactive ketones (excluding diaryl/α,β-unsaturated/α-hetero) is 5. The van der Waals surface area contributed by atoms with E-state index < -0.39 is 75.0 Å². The van der Waals surface area contributed by atoms with Gasteiger partial charge in [-0.05, 0) is 59.4 Å². The first kappa shape index (κ1) is 32.2. The molecule has 3 unspecified atom stereocenters. The van der Waals surface area contributed by atoms with Crippen molar-refractivity contribution < 1.29 is 43.7 Å². The number of aliphatic hydroxyl groups is 1. The standard InChI is InChI=1S/C36H38O9/c1-7-14-45-25(39)15-20-8-10-21(11-9-20)22-12-13-24(38)27-23(22)16-34(5)17-35(6)28(18(2)3)30(40)26(19(4)37)32(42)36(35,44)33(43)29(34)31(27)41/h7-13,18,26,28-29,38,44H,1,14-17H2,2-6H3/t26?,28?,29?,34-,35-,36+/m1/s1. The summed E-state index contributed by atoms with van der Waals surface area (Å²) in [6.07, 6.45) is 1.66. The third-order valence-electron chi connectivity index (χ3n) is 10.2. The number of esters is 1. The first-order valence-electron chi connectivity index (χ1n) is 15.1. The van der Waals surface area contributed by atoms with Gasteiger partial charge in [0.15, 0.2) is 28.7 Å². The van der Waals surface area contributed by atoms with Gasteiger partial charge in [0.05, 0.1) is 17.9 Å². The topological polar surface area (TPSA) is 152 Å². The number of carbonyl (C=O) groups excluding carboxylic acids is 6. The fraction of sp³-hybridized carbons (Fsp3) is 0.444. The van der Waals surface area contributed by atoms with Crippen LogP contribution in [0.3, 0.4) is 0 Å². The second-order valence-corrected chi connectivity index (χ2v) is 13.7. The molecule has 236 valence electrons. The number of rotatable bonds is 7. The first-order chi connectivity index (χ1) is 21.0. The highest BCUT2D eigenvalue weighted by Gasteiger charge is 2.76. The lowest BCUT2D eigenvalue weighted by atomic mass is 9.40. The van der Waals surface area contributed by atoms with Crippen LogP contribution in [0.15, 0.2) is 49.1 Å². The maximum atomic E-state index is 14.4. The van der Waals surface area contributed by atoms with Crippen molar-refractivity contribution >= 4 is 34.9 Å². The maximum absolute atomic E-state index is 14.4. The van der Waals surface area contributed by atoms with E-state index in [1.807, 2.05) is 0 Å². The highest BCUT2D eigenvalue weighted by molar-refractivity contribution is 6.32. The Morgan fingerprint density at radius 3 is 2.27 bits per heavy atom. The zero-order chi connectivity index (χ0) is 33.2. The fourth-order valence-electron chi connectivity index (χ4n) is 8.58. The molecule has 9 heteroatoms. The third kappa shape index (κ3) is 4.62. The number of phenolic OH excluding ortho intramolecular Hbond substituents is 1. The molecule has 2 saturated carbocycles. The van der Waals surface area contributed by atoms with Crippen LogP contribution in [0.2, 0.25) is 0 Å². The Hall–Kier alpha value is -4.24. The molecule has 0 aliphatic heterocycles. The van der Waals surface area contributed by atoms with Gasteiger partial charge in [-0.2, -0.15) is 0 Å². The molecule has 0 spiro atoms. The maximum Gasteiger partial charge on any atom is 0.310 e. The Kier molecular flexibility index (Phi) is 7.85. The molecule has 0 saturated heterocycles. The highest BCUT2D eigenvalue weighted by atomic mass is 16.5. The predicted octanol–water partition coefficient (Wildman–Crippen LogP) is 4.03. The van der Waals surface area contributed by atoms with Crippen LogP contribution in [0, 0.1) is 34.5 Å². The summed E-state index contributed by atoms with van der Waals surface area (Å²) < 4.78 is 5.06. The smallest absolute Gasteiger partial charge is 0.310 e. The van der Waals surface area contributed by atoms with Crippen LogP contribution in [-0.4, -0.2) is 57.3 Å². The van der Waals surface area contributed by atoms with Gasteiger partial charge >= 0.3 is 5.97 Å². The summed E-state index contributed by atoms with van der Waals surface area (Å²) in [6, 6.07) is 10.2. The molecule has 2 aromatic rings. The quantitative estimate of drug-likeness (QED) is 0.267. The van der Waals surface area contributed by atoms with E-state index in [9.17, 15) is 39.0 Å². The third-order valence-corrected chi connectivity index (χ3v) is 10.2. The number of aromatic hydroxyl groups is 1. The Bertz CT molecular complexity index is 1670. The molecule has 2 N–H and O–H groups in total. The molecular formula is C36H38O9. The summed E-state index contributed by atoms with van der Waals surface area (Å²) in [7, 11) is 0. The number of carbonyl (C=O) groups is 6. The highest BCUT2D eigenvalue weighted by Crippen LogP contribution is 2.64. The van der Waals surface area contributed by atoms with Crippen LogP contribution < -0.4 is 0 Å². The van der Waals surface area contributed by atoms with Crippen molar-refractivity contribution in [2.45, 2.75) is 59.5 Å². The van der Waals surface area contributed by atoms with Gasteiger partial charge in [-0.15, -0.1) is 0 Å². The van der Waals surface area contributed by atoms with Crippen molar-refractivity contribution in [2.75, 3.05) is 6.61 Å². The number of ether oxygens (including phenoxy) is 1. The van der Waals surface area contributed by atoms with Crippen LogP contribution in [-0.2, 0) is 41.6 Å². The van der Waals surface area contributed by atoms with E-state index in [-0.39, 0.29) is 37.2 Å². The summed E-state index contributed by atoms with van der Waals surface area (Å²) >= 11 is 0. The zero-order valence-corrected chi connectivity index (χ0v) is 26.1. The molecule has 0 radical (unpaired) electrons. The number of hydrogen-bond donors (Lipinski definition) is 2. The molecule has 45 heavy (non-hydrogen) atoms. The second-order valence-electron chi connectivity index (χ2n) is 13.7. The lowest BCUT2D eigenvalue weighted by Crippen LogP contribution is -2.76. The number of ketones is 5. The number of fused-ring (bicyclic) bond motifs is 3. The van der Waals surface area contributed by atoms with Crippen LogP contribution in [0.25, 0.3) is 11.1 Å². The first-order valence-corrected chi connectivity index (χ1v) is 15.1. The summed E-state index contributed by atoms with van der Waals surface area (Å²) in [6.45, 7) is 11.5. The fourth-order valence-corrected chi connectivity index (χ4v) is 8.58. The van der Waals surface area contributed by atoms with E-state index in [1.54, 1.807) is 58.0 Å². The minimum Gasteiger partial charge on any atom is -0.507 e. The number of benzene rings is 2. The molecule has 2 fully saturated rings. The molecule has 0 heterocycles. The monoisotopic (exact) mass is 614 g/mol. The van der Waals surface area contributed by atoms with Gasteiger partial charge < -0.3 is 14.9 Å². The van der Waals surface area contributed by atoms with E-state index in [2.05, 4.69) is 6.58 Å². The largest absolute Gasteiger partial charge is 0.507 e. The van der Waals surface area contributed by atoms with E-state index in [0.29, 0.717) is 22.3 Å². The normalized spacial score (nSPS) is 30.8. The van der Waals surface area contributed by atoms with Gasteiger partial charge in [0, 0.05) is 11.3 Å². The van der Waals surface area contributed by atoms with E-state index in [4.69, 9.17) is 4.74 Å². The van der Waals surface area contributed by atoms with Gasteiger partial charge in [0.2, 0.25) is 0 Å². The minimum atomic E-state index is -2.74. The van der Waals surface area contributed by atoms with Crippen LogP contribution in [0.1, 0.15) is 62.5 Å². The van der Waals surface area contributed by atoms with Gasteiger partial charge in [-0.3, -0.25) is 28.8 Å². The molecule has 9 nitrogen and oxygen atoms in total. The average molecular weight is 615 g/mol. The van der Waals surface area contributed by atoms with Crippen molar-refractivity contribution in [1.29, 1.82) is 0 Å². The average Bonchev–Trinajstić information content (AvgIpc) is 2.94. The number of hydrogen-bond acceptors (Lipinski definition) is 9. The van der Waals surface area contributed by atoms with Crippen molar-refractivity contribution in [3.05, 3.63) is 65.7 Å². The Balaban J connectivity index is 1.62. The van der Waals surface area contributed by atoms with Crippen LogP contribution >= 0.6 is 0 Å². The van der Waals surface area contributed by atoms with Crippen molar-refractivity contribution in [1.82, 2.24) is 0 Å². The van der Waals surface area contributed by atoms with Crippen molar-refractivity contribution in [3.63, 3.8) is 0 Å².